The van der Waals surface area contributed by atoms with Gasteiger partial charge in [0.25, 0.3) is 10.0 Å². The summed E-state index contributed by atoms with van der Waals surface area (Å²) in [6.45, 7) is 4.22. The molecular formula is C13H17N3O3S3. The van der Waals surface area contributed by atoms with Crippen molar-refractivity contribution in [1.82, 2.24) is 10.2 Å². The summed E-state index contributed by atoms with van der Waals surface area (Å²) < 4.78 is 32.7. The monoisotopic (exact) mass is 359 g/mol. The average Bonchev–Trinajstić information content (AvgIpc) is 2.92. The highest BCUT2D eigenvalue weighted by atomic mass is 32.2. The summed E-state index contributed by atoms with van der Waals surface area (Å²) in [6.07, 6.45) is 0. The number of rotatable bonds is 7. The van der Waals surface area contributed by atoms with Crippen LogP contribution in [0.5, 0.6) is 5.75 Å². The minimum Gasteiger partial charge on any atom is -0.497 e. The van der Waals surface area contributed by atoms with E-state index in [9.17, 15) is 8.42 Å². The van der Waals surface area contributed by atoms with Gasteiger partial charge in [-0.25, -0.2) is 8.42 Å². The predicted molar refractivity (Wildman–Crippen MR) is 89.3 cm³/mol. The molecule has 0 atom stereocenters. The standard InChI is InChI=1S/C13H17N3O3S3/c1-9(2)8-20-13-15-14-12(21-13)16-22(17,18)11-6-4-10(19-3)5-7-11/h4-7,9H,8H2,1-3H3,(H,14,16). The Balaban J connectivity index is 2.08. The summed E-state index contributed by atoms with van der Waals surface area (Å²) in [5.41, 5.74) is 0. The molecule has 0 bridgehead atoms. The molecule has 6 nitrogen and oxygen atoms in total. The maximum absolute atomic E-state index is 12.3. The number of nitrogens with zero attached hydrogens (tertiary/aromatic N) is 2. The van der Waals surface area contributed by atoms with E-state index in [4.69, 9.17) is 4.74 Å². The molecule has 0 amide bonds. The lowest BCUT2D eigenvalue weighted by molar-refractivity contribution is 0.414. The van der Waals surface area contributed by atoms with Crippen LogP contribution in [0.2, 0.25) is 0 Å². The number of thioether (sulfide) groups is 1. The van der Waals surface area contributed by atoms with Crippen molar-refractivity contribution in [3.05, 3.63) is 24.3 Å². The van der Waals surface area contributed by atoms with Crippen molar-refractivity contribution in [2.45, 2.75) is 23.1 Å². The van der Waals surface area contributed by atoms with Crippen LogP contribution in [0.15, 0.2) is 33.5 Å². The van der Waals surface area contributed by atoms with Crippen LogP contribution in [0.1, 0.15) is 13.8 Å². The third-order valence-electron chi connectivity index (χ3n) is 2.54. The molecule has 0 saturated heterocycles. The summed E-state index contributed by atoms with van der Waals surface area (Å²) in [5, 5.41) is 8.11. The van der Waals surface area contributed by atoms with Gasteiger partial charge in [-0.2, -0.15) is 0 Å². The highest BCUT2D eigenvalue weighted by Gasteiger charge is 2.17. The molecule has 0 aliphatic carbocycles. The van der Waals surface area contributed by atoms with Crippen LogP contribution in [0.4, 0.5) is 5.13 Å². The van der Waals surface area contributed by atoms with Gasteiger partial charge in [-0.1, -0.05) is 36.9 Å². The number of nitrogens with one attached hydrogen (secondary N) is 1. The fourth-order valence-electron chi connectivity index (χ4n) is 1.48. The molecule has 120 valence electrons. The van der Waals surface area contributed by atoms with Crippen molar-refractivity contribution < 1.29 is 13.2 Å². The second kappa shape index (κ2) is 7.30. The third-order valence-corrected chi connectivity index (χ3v) is 6.42. The lowest BCUT2D eigenvalue weighted by atomic mass is 10.3. The molecule has 1 aromatic carbocycles. The number of methoxy groups -OCH3 is 1. The maximum Gasteiger partial charge on any atom is 0.263 e. The van der Waals surface area contributed by atoms with Crippen LogP contribution in [0, 0.1) is 5.92 Å². The van der Waals surface area contributed by atoms with Crippen LogP contribution in [0.3, 0.4) is 0 Å². The van der Waals surface area contributed by atoms with E-state index in [-0.39, 0.29) is 10.0 Å². The molecule has 0 aliphatic rings. The molecule has 0 spiro atoms. The topological polar surface area (TPSA) is 81.2 Å². The molecule has 1 heterocycles. The molecule has 2 rings (SSSR count). The highest BCUT2D eigenvalue weighted by Crippen LogP contribution is 2.28. The number of aromatic nitrogens is 2. The highest BCUT2D eigenvalue weighted by molar-refractivity contribution is 8.01. The summed E-state index contributed by atoms with van der Waals surface area (Å²) in [6, 6.07) is 6.16. The lowest BCUT2D eigenvalue weighted by Crippen LogP contribution is -2.12. The quantitative estimate of drug-likeness (QED) is 0.765. The molecule has 22 heavy (non-hydrogen) atoms. The van der Waals surface area contributed by atoms with Crippen LogP contribution in [0.25, 0.3) is 0 Å². The lowest BCUT2D eigenvalue weighted by Gasteiger charge is -2.05. The summed E-state index contributed by atoms with van der Waals surface area (Å²) in [5.74, 6) is 2.05. The van der Waals surface area contributed by atoms with Crippen LogP contribution >= 0.6 is 23.1 Å². The SMILES string of the molecule is COc1ccc(S(=O)(=O)Nc2nnc(SCC(C)C)s2)cc1. The van der Waals surface area contributed by atoms with Gasteiger partial charge in [-0.15, -0.1) is 10.2 Å². The summed E-state index contributed by atoms with van der Waals surface area (Å²) in [4.78, 5) is 0.153. The molecule has 9 heteroatoms. The minimum atomic E-state index is -3.66. The van der Waals surface area contributed by atoms with E-state index in [1.165, 1.54) is 30.6 Å². The van der Waals surface area contributed by atoms with Crippen molar-refractivity contribution in [2.24, 2.45) is 5.92 Å². The minimum absolute atomic E-state index is 0.153. The number of benzene rings is 1. The molecule has 0 radical (unpaired) electrons. The van der Waals surface area contributed by atoms with E-state index < -0.39 is 10.0 Å². The first-order valence-electron chi connectivity index (χ1n) is 6.54. The van der Waals surface area contributed by atoms with Crippen molar-refractivity contribution >= 4 is 38.3 Å². The van der Waals surface area contributed by atoms with E-state index in [0.717, 1.165) is 10.1 Å². The van der Waals surface area contributed by atoms with Crippen molar-refractivity contribution in [3.8, 4) is 5.75 Å². The fourth-order valence-corrected chi connectivity index (χ4v) is 4.43. The van der Waals surface area contributed by atoms with Gasteiger partial charge in [0.2, 0.25) is 5.13 Å². The first-order chi connectivity index (χ1) is 10.4. The zero-order valence-electron chi connectivity index (χ0n) is 12.4. The zero-order chi connectivity index (χ0) is 16.2. The largest absolute Gasteiger partial charge is 0.497 e. The normalized spacial score (nSPS) is 11.6. The van der Waals surface area contributed by atoms with Crippen LogP contribution in [-0.2, 0) is 10.0 Å². The second-order valence-corrected chi connectivity index (χ2v) is 8.79. The number of hydrogen-bond acceptors (Lipinski definition) is 7. The number of hydrogen-bond donors (Lipinski definition) is 1. The Morgan fingerprint density at radius 2 is 1.95 bits per heavy atom. The van der Waals surface area contributed by atoms with E-state index in [0.29, 0.717) is 11.7 Å². The van der Waals surface area contributed by atoms with Crippen molar-refractivity contribution in [1.29, 1.82) is 0 Å². The van der Waals surface area contributed by atoms with Gasteiger partial charge in [-0.05, 0) is 30.2 Å². The zero-order valence-corrected chi connectivity index (χ0v) is 14.9. The van der Waals surface area contributed by atoms with Gasteiger partial charge < -0.3 is 4.74 Å². The van der Waals surface area contributed by atoms with E-state index in [1.54, 1.807) is 23.9 Å². The molecule has 2 aromatic rings. The Labute approximate surface area is 138 Å². The van der Waals surface area contributed by atoms with Crippen LogP contribution < -0.4 is 9.46 Å². The van der Waals surface area contributed by atoms with Gasteiger partial charge in [0.05, 0.1) is 12.0 Å². The smallest absolute Gasteiger partial charge is 0.263 e. The van der Waals surface area contributed by atoms with Crippen molar-refractivity contribution in [3.63, 3.8) is 0 Å². The molecule has 0 saturated carbocycles. The second-order valence-electron chi connectivity index (χ2n) is 4.86. The molecule has 0 aliphatic heterocycles. The molecule has 1 aromatic heterocycles. The Hall–Kier alpha value is -1.32. The van der Waals surface area contributed by atoms with E-state index in [1.807, 2.05) is 0 Å². The Kier molecular flexibility index (Phi) is 5.65. The van der Waals surface area contributed by atoms with E-state index in [2.05, 4.69) is 28.8 Å². The van der Waals surface area contributed by atoms with Gasteiger partial charge in [-0.3, -0.25) is 4.72 Å². The Morgan fingerprint density at radius 1 is 1.27 bits per heavy atom. The molecule has 0 fully saturated rings. The Bertz CT molecular complexity index is 712. The number of sulfonamides is 1. The van der Waals surface area contributed by atoms with Gasteiger partial charge in [0.15, 0.2) is 4.34 Å². The molecular weight excluding hydrogens is 342 g/mol. The third kappa shape index (κ3) is 4.59. The first kappa shape index (κ1) is 17.0. The number of ether oxygens (including phenoxy) is 1. The van der Waals surface area contributed by atoms with Gasteiger partial charge in [0.1, 0.15) is 5.75 Å². The number of anilines is 1. The maximum atomic E-state index is 12.3. The van der Waals surface area contributed by atoms with E-state index >= 15 is 0 Å². The van der Waals surface area contributed by atoms with Crippen LogP contribution in [-0.4, -0.2) is 31.5 Å². The van der Waals surface area contributed by atoms with Gasteiger partial charge >= 0.3 is 0 Å². The fraction of sp³-hybridized carbons (Fsp3) is 0.385. The van der Waals surface area contributed by atoms with Gasteiger partial charge in [0, 0.05) is 5.75 Å². The molecule has 1 N–H and O–H groups in total. The average molecular weight is 359 g/mol. The predicted octanol–water partition coefficient (Wildman–Crippen LogP) is 3.10. The summed E-state index contributed by atoms with van der Waals surface area (Å²) >= 11 is 2.80. The Morgan fingerprint density at radius 3 is 2.55 bits per heavy atom. The summed E-state index contributed by atoms with van der Waals surface area (Å²) in [7, 11) is -2.14. The molecule has 0 unspecified atom stereocenters. The van der Waals surface area contributed by atoms with Crippen molar-refractivity contribution in [2.75, 3.05) is 17.6 Å². The first-order valence-corrected chi connectivity index (χ1v) is 9.82.